The fourth-order valence-corrected chi connectivity index (χ4v) is 3.15. The zero-order valence-electron chi connectivity index (χ0n) is 14.9. The maximum Gasteiger partial charge on any atom is 0.306 e. The number of allylic oxidation sites excluding steroid dienone is 1. The van der Waals surface area contributed by atoms with Crippen molar-refractivity contribution < 1.29 is 9.53 Å². The highest BCUT2D eigenvalue weighted by molar-refractivity contribution is 7.99. The maximum absolute atomic E-state index is 11.0. The van der Waals surface area contributed by atoms with E-state index in [9.17, 15) is 4.79 Å². The van der Waals surface area contributed by atoms with Gasteiger partial charge in [0.2, 0.25) is 0 Å². The van der Waals surface area contributed by atoms with Crippen LogP contribution in [-0.4, -0.2) is 39.6 Å². The van der Waals surface area contributed by atoms with Gasteiger partial charge in [-0.05, 0) is 18.9 Å². The molecule has 0 saturated heterocycles. The van der Waals surface area contributed by atoms with Gasteiger partial charge in [-0.2, -0.15) is 11.8 Å². The van der Waals surface area contributed by atoms with Gasteiger partial charge >= 0.3 is 5.97 Å². The normalized spacial score (nSPS) is 11.5. The van der Waals surface area contributed by atoms with Gasteiger partial charge in [0.25, 0.3) is 0 Å². The first kappa shape index (κ1) is 19.2. The first-order valence-corrected chi connectivity index (χ1v) is 9.56. The summed E-state index contributed by atoms with van der Waals surface area (Å²) in [6.45, 7) is 2.96. The second kappa shape index (κ2) is 10.7. The van der Waals surface area contributed by atoms with Crippen LogP contribution in [0.4, 0.5) is 0 Å². The van der Waals surface area contributed by atoms with Gasteiger partial charge < -0.3 is 4.74 Å². The quantitative estimate of drug-likeness (QED) is 0.369. The van der Waals surface area contributed by atoms with Gasteiger partial charge in [-0.3, -0.25) is 9.48 Å². The molecule has 0 saturated carbocycles. The third kappa shape index (κ3) is 7.56. The van der Waals surface area contributed by atoms with Crippen molar-refractivity contribution in [1.29, 1.82) is 0 Å². The Labute approximate surface area is 153 Å². The van der Waals surface area contributed by atoms with Crippen LogP contribution in [0.5, 0.6) is 0 Å². The van der Waals surface area contributed by atoms with Crippen LogP contribution in [0, 0.1) is 0 Å². The van der Waals surface area contributed by atoms with E-state index in [1.165, 1.54) is 18.2 Å². The Morgan fingerprint density at radius 3 is 2.84 bits per heavy atom. The maximum atomic E-state index is 11.0. The molecule has 0 unspecified atom stereocenters. The lowest BCUT2D eigenvalue weighted by atomic mass is 10.1. The first-order valence-electron chi connectivity index (χ1n) is 8.40. The van der Waals surface area contributed by atoms with E-state index in [0.29, 0.717) is 6.42 Å². The first-order chi connectivity index (χ1) is 12.2. The molecule has 0 N–H and O–H groups in total. The summed E-state index contributed by atoms with van der Waals surface area (Å²) >= 11 is 1.74. The number of hydrogen-bond acceptors (Lipinski definition) is 5. The molecule has 1 aromatic heterocycles. The average Bonchev–Trinajstić information content (AvgIpc) is 3.07. The average molecular weight is 359 g/mol. The van der Waals surface area contributed by atoms with Crippen LogP contribution in [-0.2, 0) is 22.5 Å². The van der Waals surface area contributed by atoms with Crippen molar-refractivity contribution in [2.75, 3.05) is 18.6 Å². The number of methoxy groups -OCH3 is 1. The van der Waals surface area contributed by atoms with E-state index >= 15 is 0 Å². The number of carbonyl (C=O) groups is 1. The molecular formula is C19H25N3O2S. The van der Waals surface area contributed by atoms with Crippen molar-refractivity contribution in [2.24, 2.45) is 0 Å². The fourth-order valence-electron chi connectivity index (χ4n) is 2.27. The third-order valence-electron chi connectivity index (χ3n) is 3.78. The molecule has 0 aliphatic rings. The second-order valence-corrected chi connectivity index (χ2v) is 6.99. The van der Waals surface area contributed by atoms with Crippen molar-refractivity contribution in [3.63, 3.8) is 0 Å². The Morgan fingerprint density at radius 1 is 1.28 bits per heavy atom. The molecule has 6 heteroatoms. The number of ether oxygens (including phenoxy) is 1. The minimum Gasteiger partial charge on any atom is -0.469 e. The molecular weight excluding hydrogens is 334 g/mol. The van der Waals surface area contributed by atoms with Gasteiger partial charge in [-0.15, -0.1) is 5.10 Å². The molecule has 0 atom stereocenters. The Kier molecular flexibility index (Phi) is 8.25. The summed E-state index contributed by atoms with van der Waals surface area (Å²) in [5.74, 6) is 1.56. The lowest BCUT2D eigenvalue weighted by molar-refractivity contribution is -0.140. The zero-order valence-corrected chi connectivity index (χ0v) is 15.7. The summed E-state index contributed by atoms with van der Waals surface area (Å²) in [4.78, 5) is 11.0. The number of benzene rings is 1. The summed E-state index contributed by atoms with van der Waals surface area (Å²) < 4.78 is 6.52. The van der Waals surface area contributed by atoms with Crippen molar-refractivity contribution in [3.05, 3.63) is 59.4 Å². The van der Waals surface area contributed by atoms with Crippen molar-refractivity contribution in [1.82, 2.24) is 15.0 Å². The summed E-state index contributed by atoms with van der Waals surface area (Å²) in [5.41, 5.74) is 3.56. The molecule has 134 valence electrons. The van der Waals surface area contributed by atoms with Gasteiger partial charge in [0, 0.05) is 30.7 Å². The summed E-state index contributed by atoms with van der Waals surface area (Å²) in [6.07, 6.45) is 6.46. The van der Waals surface area contributed by atoms with E-state index in [1.807, 2.05) is 29.1 Å². The second-order valence-electron chi connectivity index (χ2n) is 5.84. The summed E-state index contributed by atoms with van der Waals surface area (Å²) in [5, 5.41) is 8.45. The van der Waals surface area contributed by atoms with Crippen molar-refractivity contribution >= 4 is 17.7 Å². The minimum atomic E-state index is -0.148. The van der Waals surface area contributed by atoms with Crippen LogP contribution in [0.2, 0.25) is 0 Å². The molecule has 5 nitrogen and oxygen atoms in total. The summed E-state index contributed by atoms with van der Waals surface area (Å²) in [7, 11) is 1.42. The smallest absolute Gasteiger partial charge is 0.306 e. The van der Waals surface area contributed by atoms with Crippen LogP contribution >= 0.6 is 11.8 Å². The van der Waals surface area contributed by atoms with Crippen molar-refractivity contribution in [2.45, 2.75) is 32.7 Å². The molecule has 2 rings (SSSR count). The van der Waals surface area contributed by atoms with Crippen LogP contribution < -0.4 is 0 Å². The Morgan fingerprint density at radius 2 is 2.08 bits per heavy atom. The van der Waals surface area contributed by atoms with Crippen LogP contribution in [0.1, 0.15) is 31.0 Å². The largest absolute Gasteiger partial charge is 0.469 e. The SMILES string of the molecule is COC(=O)CCSC/C=C(\C)CCn1cc(Cc2ccccc2)nn1. The van der Waals surface area contributed by atoms with Gasteiger partial charge in [-0.1, -0.05) is 47.2 Å². The zero-order chi connectivity index (χ0) is 17.9. The molecule has 0 bridgehead atoms. The number of carbonyl (C=O) groups excluding carboxylic acids is 1. The van der Waals surface area contributed by atoms with Crippen LogP contribution in [0.3, 0.4) is 0 Å². The van der Waals surface area contributed by atoms with Crippen molar-refractivity contribution in [3.8, 4) is 0 Å². The van der Waals surface area contributed by atoms with Crippen LogP contribution in [0.15, 0.2) is 48.2 Å². The third-order valence-corrected chi connectivity index (χ3v) is 4.67. The van der Waals surface area contributed by atoms with E-state index in [2.05, 4.69) is 40.2 Å². The molecule has 1 heterocycles. The lowest BCUT2D eigenvalue weighted by Gasteiger charge is -2.02. The molecule has 0 fully saturated rings. The molecule has 0 spiro atoms. The molecule has 0 amide bonds. The highest BCUT2D eigenvalue weighted by Gasteiger charge is 2.03. The van der Waals surface area contributed by atoms with Gasteiger partial charge in [-0.25, -0.2) is 0 Å². The predicted octanol–water partition coefficient (Wildman–Crippen LogP) is 3.50. The Bertz CT molecular complexity index is 683. The molecule has 25 heavy (non-hydrogen) atoms. The van der Waals surface area contributed by atoms with Crippen LogP contribution in [0.25, 0.3) is 0 Å². The fraction of sp³-hybridized carbons (Fsp3) is 0.421. The van der Waals surface area contributed by atoms with Gasteiger partial charge in [0.1, 0.15) is 0 Å². The molecule has 2 aromatic rings. The number of esters is 1. The lowest BCUT2D eigenvalue weighted by Crippen LogP contribution is -2.01. The van der Waals surface area contributed by atoms with Gasteiger partial charge in [0.05, 0.1) is 19.2 Å². The Hall–Kier alpha value is -2.08. The topological polar surface area (TPSA) is 57.0 Å². The minimum absolute atomic E-state index is 0.148. The number of aryl methyl sites for hydroxylation is 1. The molecule has 1 aromatic carbocycles. The summed E-state index contributed by atoms with van der Waals surface area (Å²) in [6, 6.07) is 10.3. The van der Waals surface area contributed by atoms with E-state index in [4.69, 9.17) is 0 Å². The van der Waals surface area contributed by atoms with E-state index in [0.717, 1.165) is 36.6 Å². The monoisotopic (exact) mass is 359 g/mol. The predicted molar refractivity (Wildman–Crippen MR) is 102 cm³/mol. The number of nitrogens with zero attached hydrogens (tertiary/aromatic N) is 3. The highest BCUT2D eigenvalue weighted by Crippen LogP contribution is 2.10. The standard InChI is InChI=1S/C19H25N3O2S/c1-16(9-12-25-13-10-19(23)24-2)8-11-22-15-18(20-21-22)14-17-6-4-3-5-7-17/h3-7,9,15H,8,10-14H2,1-2H3/b16-9+. The molecule has 0 aliphatic carbocycles. The number of rotatable bonds is 10. The van der Waals surface area contributed by atoms with E-state index in [-0.39, 0.29) is 5.97 Å². The number of hydrogen-bond donors (Lipinski definition) is 0. The number of thioether (sulfide) groups is 1. The van der Waals surface area contributed by atoms with E-state index < -0.39 is 0 Å². The van der Waals surface area contributed by atoms with Gasteiger partial charge in [0.15, 0.2) is 0 Å². The van der Waals surface area contributed by atoms with E-state index in [1.54, 1.807) is 11.8 Å². The Balaban J connectivity index is 1.68. The number of aromatic nitrogens is 3. The molecule has 0 radical (unpaired) electrons. The molecule has 0 aliphatic heterocycles. The highest BCUT2D eigenvalue weighted by atomic mass is 32.2.